The van der Waals surface area contributed by atoms with Gasteiger partial charge >= 0.3 is 11.1 Å². The maximum absolute atomic E-state index is 13.1. The van der Waals surface area contributed by atoms with E-state index in [1.54, 1.807) is 18.2 Å². The number of aromatic nitrogens is 2. The van der Waals surface area contributed by atoms with Gasteiger partial charge in [-0.1, -0.05) is 19.3 Å². The second-order valence-corrected chi connectivity index (χ2v) is 7.27. The Morgan fingerprint density at radius 3 is 2.40 bits per heavy atom. The van der Waals surface area contributed by atoms with Crippen LogP contribution in [0.5, 0.6) is 0 Å². The summed E-state index contributed by atoms with van der Waals surface area (Å²) in [4.78, 5) is 43.1. The normalized spacial score (nSPS) is 21.8. The van der Waals surface area contributed by atoms with E-state index < -0.39 is 11.1 Å². The first-order valence-electron chi connectivity index (χ1n) is 9.21. The molecule has 1 aliphatic carbocycles. The van der Waals surface area contributed by atoms with Crippen LogP contribution in [0.4, 0.5) is 0 Å². The largest absolute Gasteiger partial charge is 0.335 e. The number of hydrogen-bond donors (Lipinski definition) is 2. The number of H-pyrrole nitrogens is 2. The molecule has 1 aromatic heterocycles. The number of hydrogen-bond acceptors (Lipinski definition) is 3. The van der Waals surface area contributed by atoms with Crippen molar-refractivity contribution in [2.75, 3.05) is 6.54 Å². The second kappa shape index (κ2) is 6.50. The van der Waals surface area contributed by atoms with Gasteiger partial charge in [0.2, 0.25) is 0 Å². The van der Waals surface area contributed by atoms with Gasteiger partial charge in [0.05, 0.1) is 11.0 Å². The van der Waals surface area contributed by atoms with Gasteiger partial charge in [0.25, 0.3) is 5.91 Å². The zero-order valence-corrected chi connectivity index (χ0v) is 14.2. The third-order valence-electron chi connectivity index (χ3n) is 5.72. The molecule has 25 heavy (non-hydrogen) atoms. The molecule has 1 aromatic carbocycles. The molecule has 2 aliphatic rings. The molecule has 4 rings (SSSR count). The zero-order chi connectivity index (χ0) is 17.4. The lowest BCUT2D eigenvalue weighted by atomic mass is 9.83. The maximum Gasteiger partial charge on any atom is 0.314 e. The van der Waals surface area contributed by atoms with Crippen LogP contribution in [-0.4, -0.2) is 33.4 Å². The van der Waals surface area contributed by atoms with Gasteiger partial charge in [-0.25, -0.2) is 0 Å². The minimum absolute atomic E-state index is 0.0297. The van der Waals surface area contributed by atoms with E-state index in [4.69, 9.17) is 0 Å². The molecule has 1 atom stereocenters. The lowest BCUT2D eigenvalue weighted by Crippen LogP contribution is -2.40. The minimum atomic E-state index is -0.696. The first kappa shape index (κ1) is 16.1. The Bertz CT molecular complexity index is 908. The summed E-state index contributed by atoms with van der Waals surface area (Å²) in [6.07, 6.45) is 8.45. The molecule has 1 amide bonds. The van der Waals surface area contributed by atoms with Crippen molar-refractivity contribution in [3.8, 4) is 0 Å². The van der Waals surface area contributed by atoms with E-state index in [1.807, 2.05) is 4.90 Å². The Hall–Kier alpha value is -2.37. The first-order valence-corrected chi connectivity index (χ1v) is 9.21. The fourth-order valence-electron chi connectivity index (χ4n) is 4.47. The van der Waals surface area contributed by atoms with Crippen molar-refractivity contribution in [1.82, 2.24) is 14.9 Å². The Balaban J connectivity index is 1.63. The summed E-state index contributed by atoms with van der Waals surface area (Å²) in [5.74, 6) is 0.652. The molecule has 0 bridgehead atoms. The maximum atomic E-state index is 13.1. The van der Waals surface area contributed by atoms with Gasteiger partial charge < -0.3 is 14.9 Å². The van der Waals surface area contributed by atoms with Gasteiger partial charge in [0.15, 0.2) is 0 Å². The number of likely N-dealkylation sites (tertiary alicyclic amines) is 1. The molecular formula is C19H23N3O3. The molecular weight excluding hydrogens is 318 g/mol. The molecule has 1 aliphatic heterocycles. The molecule has 2 N–H and O–H groups in total. The summed E-state index contributed by atoms with van der Waals surface area (Å²) in [6, 6.07) is 5.43. The van der Waals surface area contributed by atoms with Crippen LogP contribution in [0.3, 0.4) is 0 Å². The molecule has 0 spiro atoms. The minimum Gasteiger partial charge on any atom is -0.335 e. The molecule has 6 nitrogen and oxygen atoms in total. The molecule has 2 heterocycles. The average molecular weight is 341 g/mol. The predicted molar refractivity (Wildman–Crippen MR) is 95.8 cm³/mol. The van der Waals surface area contributed by atoms with E-state index >= 15 is 0 Å². The van der Waals surface area contributed by atoms with E-state index in [9.17, 15) is 14.4 Å². The van der Waals surface area contributed by atoms with Crippen LogP contribution >= 0.6 is 0 Å². The van der Waals surface area contributed by atoms with Crippen molar-refractivity contribution in [3.05, 3.63) is 44.5 Å². The summed E-state index contributed by atoms with van der Waals surface area (Å²) in [6.45, 7) is 0.806. The van der Waals surface area contributed by atoms with Crippen LogP contribution in [0.15, 0.2) is 27.8 Å². The number of amides is 1. The lowest BCUT2D eigenvalue weighted by Gasteiger charge is -2.34. The average Bonchev–Trinajstić information content (AvgIpc) is 3.12. The van der Waals surface area contributed by atoms with Gasteiger partial charge in [-0.2, -0.15) is 0 Å². The van der Waals surface area contributed by atoms with E-state index in [-0.39, 0.29) is 5.91 Å². The highest BCUT2D eigenvalue weighted by molar-refractivity contribution is 5.97. The topological polar surface area (TPSA) is 86.0 Å². The third kappa shape index (κ3) is 3.01. The van der Waals surface area contributed by atoms with Crippen LogP contribution in [0.1, 0.15) is 55.3 Å². The monoisotopic (exact) mass is 341 g/mol. The van der Waals surface area contributed by atoms with Gasteiger partial charge in [0.1, 0.15) is 0 Å². The molecule has 0 unspecified atom stereocenters. The van der Waals surface area contributed by atoms with Crippen molar-refractivity contribution in [2.24, 2.45) is 5.92 Å². The third-order valence-corrected chi connectivity index (χ3v) is 5.72. The van der Waals surface area contributed by atoms with Crippen LogP contribution in [0, 0.1) is 5.92 Å². The Morgan fingerprint density at radius 2 is 1.64 bits per heavy atom. The number of carbonyl (C=O) groups excluding carboxylic acids is 1. The Kier molecular flexibility index (Phi) is 4.19. The van der Waals surface area contributed by atoms with Crippen molar-refractivity contribution in [2.45, 2.75) is 51.0 Å². The van der Waals surface area contributed by atoms with Crippen LogP contribution in [-0.2, 0) is 0 Å². The highest BCUT2D eigenvalue weighted by Gasteiger charge is 2.35. The molecule has 6 heteroatoms. The SMILES string of the molecule is O=C(c1ccc2[nH]c(=O)c(=O)[nH]c2c1)N1CCC[C@H]1C1CCCCC1. The Morgan fingerprint density at radius 1 is 0.920 bits per heavy atom. The second-order valence-electron chi connectivity index (χ2n) is 7.27. The van der Waals surface area contributed by atoms with E-state index in [0.29, 0.717) is 28.6 Å². The molecule has 132 valence electrons. The molecule has 2 aromatic rings. The fraction of sp³-hybridized carbons (Fsp3) is 0.526. The number of carbonyl (C=O) groups is 1. The highest BCUT2D eigenvalue weighted by atomic mass is 16.2. The van der Waals surface area contributed by atoms with E-state index in [1.165, 1.54) is 32.1 Å². The molecule has 2 fully saturated rings. The number of aromatic amines is 2. The van der Waals surface area contributed by atoms with Crippen LogP contribution in [0.25, 0.3) is 11.0 Å². The van der Waals surface area contributed by atoms with Crippen LogP contribution < -0.4 is 11.1 Å². The lowest BCUT2D eigenvalue weighted by molar-refractivity contribution is 0.0661. The van der Waals surface area contributed by atoms with Crippen molar-refractivity contribution in [3.63, 3.8) is 0 Å². The van der Waals surface area contributed by atoms with Crippen molar-refractivity contribution < 1.29 is 4.79 Å². The van der Waals surface area contributed by atoms with Gasteiger partial charge in [-0.05, 0) is 49.8 Å². The first-order chi connectivity index (χ1) is 12.1. The predicted octanol–water partition coefficient (Wildman–Crippen LogP) is 2.40. The molecule has 0 radical (unpaired) electrons. The number of rotatable bonds is 2. The summed E-state index contributed by atoms with van der Waals surface area (Å²) in [7, 11) is 0. The molecule has 1 saturated heterocycles. The number of benzene rings is 1. The molecule has 1 saturated carbocycles. The van der Waals surface area contributed by atoms with Gasteiger partial charge in [-0.15, -0.1) is 0 Å². The standard InChI is InChI=1S/C19H23N3O3/c23-17-18(24)21-15-11-13(8-9-14(15)20-17)19(25)22-10-4-7-16(22)12-5-2-1-3-6-12/h8-9,11-12,16H,1-7,10H2,(H,20,23)(H,21,24)/t16-/m0/s1. The van der Waals surface area contributed by atoms with Crippen molar-refractivity contribution >= 4 is 16.9 Å². The van der Waals surface area contributed by atoms with Crippen molar-refractivity contribution in [1.29, 1.82) is 0 Å². The van der Waals surface area contributed by atoms with Gasteiger partial charge in [-0.3, -0.25) is 14.4 Å². The number of nitrogens with one attached hydrogen (secondary N) is 2. The zero-order valence-electron chi connectivity index (χ0n) is 14.2. The smallest absolute Gasteiger partial charge is 0.314 e. The fourth-order valence-corrected chi connectivity index (χ4v) is 4.47. The number of nitrogens with zero attached hydrogens (tertiary/aromatic N) is 1. The summed E-state index contributed by atoms with van der Waals surface area (Å²) < 4.78 is 0. The summed E-state index contributed by atoms with van der Waals surface area (Å²) in [5, 5.41) is 0. The van der Waals surface area contributed by atoms with E-state index in [2.05, 4.69) is 9.97 Å². The Labute approximate surface area is 145 Å². The quantitative estimate of drug-likeness (QED) is 0.823. The highest BCUT2D eigenvalue weighted by Crippen LogP contribution is 2.35. The summed E-state index contributed by atoms with van der Waals surface area (Å²) >= 11 is 0. The van der Waals surface area contributed by atoms with Crippen LogP contribution in [0.2, 0.25) is 0 Å². The van der Waals surface area contributed by atoms with E-state index in [0.717, 1.165) is 19.4 Å². The summed E-state index contributed by atoms with van der Waals surface area (Å²) in [5.41, 5.74) is 0.218. The van der Waals surface area contributed by atoms with Gasteiger partial charge in [0, 0.05) is 18.2 Å². The number of fused-ring (bicyclic) bond motifs is 1.